The lowest BCUT2D eigenvalue weighted by Gasteiger charge is -2.27. The molecule has 0 radical (unpaired) electrons. The Kier molecular flexibility index (Phi) is 1.69. The SMILES string of the molecule is C[C@@H]1CCC[C@H](C2CC2)O1. The molecule has 0 N–H and O–H groups in total. The molecule has 0 bridgehead atoms. The quantitative estimate of drug-likeness (QED) is 0.543. The van der Waals surface area contributed by atoms with Crippen LogP contribution in [0.1, 0.15) is 39.0 Å². The Labute approximate surface area is 62.8 Å². The molecule has 10 heavy (non-hydrogen) atoms. The highest BCUT2D eigenvalue weighted by Gasteiger charge is 2.34. The topological polar surface area (TPSA) is 9.23 Å². The molecule has 2 rings (SSSR count). The van der Waals surface area contributed by atoms with Crippen LogP contribution in [0.15, 0.2) is 0 Å². The Hall–Kier alpha value is -0.0400. The summed E-state index contributed by atoms with van der Waals surface area (Å²) >= 11 is 0. The first kappa shape index (κ1) is 6.66. The van der Waals surface area contributed by atoms with Crippen LogP contribution in [0.5, 0.6) is 0 Å². The van der Waals surface area contributed by atoms with E-state index < -0.39 is 0 Å². The fraction of sp³-hybridized carbons (Fsp3) is 1.00. The van der Waals surface area contributed by atoms with Gasteiger partial charge < -0.3 is 4.74 Å². The first-order chi connectivity index (χ1) is 4.86. The van der Waals surface area contributed by atoms with Crippen LogP contribution in [0.25, 0.3) is 0 Å². The molecule has 1 aliphatic carbocycles. The van der Waals surface area contributed by atoms with Crippen LogP contribution >= 0.6 is 0 Å². The number of rotatable bonds is 1. The molecule has 2 fully saturated rings. The summed E-state index contributed by atoms with van der Waals surface area (Å²) in [5.74, 6) is 0.947. The standard InChI is InChI=1S/C9H16O/c1-7-3-2-4-9(10-7)8-5-6-8/h7-9H,2-6H2,1H3/t7-,9-/m1/s1. The van der Waals surface area contributed by atoms with Gasteiger partial charge in [0.1, 0.15) is 0 Å². The largest absolute Gasteiger partial charge is 0.375 e. The molecule has 2 atom stereocenters. The van der Waals surface area contributed by atoms with E-state index in [1.165, 1.54) is 32.1 Å². The van der Waals surface area contributed by atoms with Gasteiger partial charge in [0.05, 0.1) is 12.2 Å². The molecule has 0 aromatic heterocycles. The second-order valence-electron chi connectivity index (χ2n) is 3.75. The van der Waals surface area contributed by atoms with E-state index in [0.29, 0.717) is 12.2 Å². The second kappa shape index (κ2) is 2.54. The van der Waals surface area contributed by atoms with Crippen LogP contribution in [0.2, 0.25) is 0 Å². The van der Waals surface area contributed by atoms with Crippen molar-refractivity contribution in [2.45, 2.75) is 51.2 Å². The van der Waals surface area contributed by atoms with E-state index in [1.807, 2.05) is 0 Å². The van der Waals surface area contributed by atoms with Crippen molar-refractivity contribution in [1.82, 2.24) is 0 Å². The van der Waals surface area contributed by atoms with Gasteiger partial charge >= 0.3 is 0 Å². The first-order valence-electron chi connectivity index (χ1n) is 4.52. The van der Waals surface area contributed by atoms with E-state index >= 15 is 0 Å². The summed E-state index contributed by atoms with van der Waals surface area (Å²) in [6, 6.07) is 0. The zero-order valence-electron chi connectivity index (χ0n) is 6.68. The van der Waals surface area contributed by atoms with Gasteiger partial charge in [0.15, 0.2) is 0 Å². The summed E-state index contributed by atoms with van der Waals surface area (Å²) in [6.45, 7) is 2.20. The van der Waals surface area contributed by atoms with Gasteiger partial charge in [-0.2, -0.15) is 0 Å². The van der Waals surface area contributed by atoms with Gasteiger partial charge in [0, 0.05) is 0 Å². The molecule has 1 aliphatic heterocycles. The third-order valence-electron chi connectivity index (χ3n) is 2.65. The molecular formula is C9H16O. The lowest BCUT2D eigenvalue weighted by molar-refractivity contribution is -0.0503. The Morgan fingerprint density at radius 2 is 1.90 bits per heavy atom. The van der Waals surface area contributed by atoms with E-state index in [2.05, 4.69) is 6.92 Å². The average molecular weight is 140 g/mol. The average Bonchev–Trinajstić information content (AvgIpc) is 2.68. The third-order valence-corrected chi connectivity index (χ3v) is 2.65. The van der Waals surface area contributed by atoms with E-state index in [-0.39, 0.29) is 0 Å². The highest BCUT2D eigenvalue weighted by Crippen LogP contribution is 2.39. The fourth-order valence-corrected chi connectivity index (χ4v) is 1.86. The lowest BCUT2D eigenvalue weighted by Crippen LogP contribution is -2.26. The smallest absolute Gasteiger partial charge is 0.0606 e. The highest BCUT2D eigenvalue weighted by atomic mass is 16.5. The summed E-state index contributed by atoms with van der Waals surface area (Å²) in [4.78, 5) is 0. The molecule has 1 heteroatoms. The molecule has 58 valence electrons. The summed E-state index contributed by atoms with van der Waals surface area (Å²) in [7, 11) is 0. The Balaban J connectivity index is 1.84. The van der Waals surface area contributed by atoms with Crippen LogP contribution in [-0.4, -0.2) is 12.2 Å². The van der Waals surface area contributed by atoms with Gasteiger partial charge in [-0.25, -0.2) is 0 Å². The van der Waals surface area contributed by atoms with Gasteiger partial charge in [-0.15, -0.1) is 0 Å². The summed E-state index contributed by atoms with van der Waals surface area (Å²) in [5.41, 5.74) is 0. The first-order valence-corrected chi connectivity index (χ1v) is 4.52. The molecule has 2 aliphatic rings. The number of hydrogen-bond acceptors (Lipinski definition) is 1. The molecule has 0 spiro atoms. The summed E-state index contributed by atoms with van der Waals surface area (Å²) < 4.78 is 5.81. The van der Waals surface area contributed by atoms with Crippen molar-refractivity contribution in [1.29, 1.82) is 0 Å². The number of hydrogen-bond donors (Lipinski definition) is 0. The van der Waals surface area contributed by atoms with Crippen molar-refractivity contribution < 1.29 is 4.74 Å². The highest BCUT2D eigenvalue weighted by molar-refractivity contribution is 4.84. The van der Waals surface area contributed by atoms with Crippen molar-refractivity contribution in [2.24, 2.45) is 5.92 Å². The van der Waals surface area contributed by atoms with E-state index in [4.69, 9.17) is 4.74 Å². The van der Waals surface area contributed by atoms with Crippen molar-refractivity contribution >= 4 is 0 Å². The van der Waals surface area contributed by atoms with Gasteiger partial charge in [0.25, 0.3) is 0 Å². The molecular weight excluding hydrogens is 124 g/mol. The second-order valence-corrected chi connectivity index (χ2v) is 3.75. The maximum atomic E-state index is 5.81. The predicted molar refractivity (Wildman–Crippen MR) is 40.9 cm³/mol. The van der Waals surface area contributed by atoms with Gasteiger partial charge in [-0.05, 0) is 44.9 Å². The lowest BCUT2D eigenvalue weighted by atomic mass is 10.0. The minimum Gasteiger partial charge on any atom is -0.375 e. The summed E-state index contributed by atoms with van der Waals surface area (Å²) in [5, 5.41) is 0. The molecule has 0 amide bonds. The molecule has 1 saturated heterocycles. The minimum atomic E-state index is 0.541. The monoisotopic (exact) mass is 140 g/mol. The zero-order valence-corrected chi connectivity index (χ0v) is 6.68. The van der Waals surface area contributed by atoms with Gasteiger partial charge in [-0.1, -0.05) is 0 Å². The molecule has 1 saturated carbocycles. The van der Waals surface area contributed by atoms with Crippen LogP contribution in [0, 0.1) is 5.92 Å². The van der Waals surface area contributed by atoms with Crippen LogP contribution < -0.4 is 0 Å². The van der Waals surface area contributed by atoms with Crippen molar-refractivity contribution in [3.05, 3.63) is 0 Å². The van der Waals surface area contributed by atoms with Crippen molar-refractivity contribution in [2.75, 3.05) is 0 Å². The third kappa shape index (κ3) is 1.34. The van der Waals surface area contributed by atoms with Crippen LogP contribution in [-0.2, 0) is 4.74 Å². The zero-order chi connectivity index (χ0) is 6.97. The van der Waals surface area contributed by atoms with Crippen molar-refractivity contribution in [3.8, 4) is 0 Å². The molecule has 0 aromatic carbocycles. The molecule has 1 nitrogen and oxygen atoms in total. The normalized spacial score (nSPS) is 41.7. The minimum absolute atomic E-state index is 0.541. The Bertz CT molecular complexity index is 118. The fourth-order valence-electron chi connectivity index (χ4n) is 1.86. The number of ether oxygens (including phenoxy) is 1. The molecule has 0 aromatic rings. The van der Waals surface area contributed by atoms with E-state index in [9.17, 15) is 0 Å². The predicted octanol–water partition coefficient (Wildman–Crippen LogP) is 2.35. The van der Waals surface area contributed by atoms with E-state index in [1.54, 1.807) is 0 Å². The Morgan fingerprint density at radius 3 is 2.50 bits per heavy atom. The van der Waals surface area contributed by atoms with Gasteiger partial charge in [0.2, 0.25) is 0 Å². The van der Waals surface area contributed by atoms with Crippen LogP contribution in [0.3, 0.4) is 0 Å². The molecule has 1 heterocycles. The Morgan fingerprint density at radius 1 is 1.10 bits per heavy atom. The maximum absolute atomic E-state index is 5.81. The van der Waals surface area contributed by atoms with Gasteiger partial charge in [-0.3, -0.25) is 0 Å². The summed E-state index contributed by atoms with van der Waals surface area (Å²) in [6.07, 6.45) is 8.04. The van der Waals surface area contributed by atoms with E-state index in [0.717, 1.165) is 5.92 Å². The maximum Gasteiger partial charge on any atom is 0.0606 e. The molecule has 0 unspecified atom stereocenters. The van der Waals surface area contributed by atoms with Crippen molar-refractivity contribution in [3.63, 3.8) is 0 Å². The van der Waals surface area contributed by atoms with Crippen LogP contribution in [0.4, 0.5) is 0 Å².